The Bertz CT molecular complexity index is 1130. The number of nitrogens with one attached hydrogen (secondary N) is 1. The summed E-state index contributed by atoms with van der Waals surface area (Å²) >= 11 is 0. The van der Waals surface area contributed by atoms with Crippen LogP contribution in [0.2, 0.25) is 0 Å². The van der Waals surface area contributed by atoms with Crippen LogP contribution in [0.5, 0.6) is 0 Å². The lowest BCUT2D eigenvalue weighted by molar-refractivity contribution is -0.128. The Balaban J connectivity index is 1.99. The smallest absolute Gasteiger partial charge is 0.330 e. The number of hydrogen-bond donors (Lipinski definition) is 2. The van der Waals surface area contributed by atoms with Crippen LogP contribution in [0.15, 0.2) is 33.9 Å². The van der Waals surface area contributed by atoms with Gasteiger partial charge in [-0.3, -0.25) is 23.9 Å². The summed E-state index contributed by atoms with van der Waals surface area (Å²) in [6.07, 6.45) is 2.87. The van der Waals surface area contributed by atoms with Crippen molar-refractivity contribution in [2.75, 3.05) is 23.7 Å². The number of aromatic amines is 1. The molecule has 1 aromatic heterocycles. The van der Waals surface area contributed by atoms with Gasteiger partial charge in [0.25, 0.3) is 11.5 Å². The summed E-state index contributed by atoms with van der Waals surface area (Å²) in [6.45, 7) is 7.63. The molecule has 0 spiro atoms. The molecule has 2 amide bonds. The van der Waals surface area contributed by atoms with Crippen molar-refractivity contribution in [3.63, 3.8) is 0 Å². The number of H-pyrrole nitrogens is 1. The number of unbranched alkanes of at least 4 members (excludes halogenated alkanes) is 1. The average molecular weight is 456 g/mol. The largest absolute Gasteiger partial charge is 0.383 e. The predicted octanol–water partition coefficient (Wildman–Crippen LogP) is 2.34. The average Bonchev–Trinajstić information content (AvgIpc) is 3.17. The number of aromatic nitrogens is 2. The van der Waals surface area contributed by atoms with Gasteiger partial charge in [0.05, 0.1) is 0 Å². The molecule has 0 unspecified atom stereocenters. The molecule has 1 fully saturated rings. The minimum Gasteiger partial charge on any atom is -0.383 e. The van der Waals surface area contributed by atoms with E-state index in [-0.39, 0.29) is 35.8 Å². The first-order chi connectivity index (χ1) is 15.7. The molecule has 33 heavy (non-hydrogen) atoms. The first kappa shape index (κ1) is 24.3. The van der Waals surface area contributed by atoms with Crippen LogP contribution >= 0.6 is 0 Å². The minimum absolute atomic E-state index is 0.00572. The first-order valence-corrected chi connectivity index (χ1v) is 11.5. The van der Waals surface area contributed by atoms with Crippen molar-refractivity contribution >= 4 is 23.3 Å². The molecule has 1 saturated heterocycles. The molecule has 3 rings (SSSR count). The van der Waals surface area contributed by atoms with Crippen molar-refractivity contribution in [2.24, 2.45) is 5.92 Å². The molecule has 9 nitrogen and oxygen atoms in total. The summed E-state index contributed by atoms with van der Waals surface area (Å²) in [5.41, 5.74) is 6.25. The zero-order chi connectivity index (χ0) is 24.1. The molecule has 0 radical (unpaired) electrons. The standard InChI is InChI=1S/C24H33N5O4/c1-4-5-12-28(20-21(25)29(14-16(2)3)24(33)26-22(20)31)23(32)18-9-6-8-17(13-18)15-27-11-7-10-19(27)30/h6,8-9,13,16H,4-5,7,10-12,14-15,25H2,1-3H3,(H,26,31,33). The number of rotatable bonds is 9. The number of nitrogens with zero attached hydrogens (tertiary/aromatic N) is 3. The van der Waals surface area contributed by atoms with E-state index in [1.54, 1.807) is 23.1 Å². The Morgan fingerprint density at radius 2 is 2.00 bits per heavy atom. The third kappa shape index (κ3) is 5.53. The number of nitrogens with two attached hydrogens (primary N) is 1. The van der Waals surface area contributed by atoms with Crippen molar-refractivity contribution in [2.45, 2.75) is 59.5 Å². The van der Waals surface area contributed by atoms with E-state index in [1.807, 2.05) is 26.8 Å². The number of carbonyl (C=O) groups excluding carboxylic acids is 2. The molecule has 0 bridgehead atoms. The second kappa shape index (κ2) is 10.5. The van der Waals surface area contributed by atoms with Gasteiger partial charge in [-0.1, -0.05) is 39.3 Å². The van der Waals surface area contributed by atoms with Crippen LogP contribution in [0, 0.1) is 5.92 Å². The van der Waals surface area contributed by atoms with E-state index in [4.69, 9.17) is 5.73 Å². The van der Waals surface area contributed by atoms with Crippen molar-refractivity contribution in [3.05, 3.63) is 56.2 Å². The maximum atomic E-state index is 13.6. The lowest BCUT2D eigenvalue weighted by Crippen LogP contribution is -2.42. The number of likely N-dealkylation sites (tertiary alicyclic amines) is 1. The van der Waals surface area contributed by atoms with Crippen molar-refractivity contribution in [3.8, 4) is 0 Å². The quantitative estimate of drug-likeness (QED) is 0.601. The molecule has 3 N–H and O–H groups in total. The fourth-order valence-corrected chi connectivity index (χ4v) is 4.07. The molecular weight excluding hydrogens is 422 g/mol. The SMILES string of the molecule is CCCCN(C(=O)c1cccc(CN2CCCC2=O)c1)c1c(N)n(CC(C)C)c(=O)[nH]c1=O. The topological polar surface area (TPSA) is 121 Å². The molecule has 0 saturated carbocycles. The van der Waals surface area contributed by atoms with Gasteiger partial charge in [0, 0.05) is 38.2 Å². The number of benzene rings is 1. The second-order valence-corrected chi connectivity index (χ2v) is 8.93. The van der Waals surface area contributed by atoms with Gasteiger partial charge in [-0.15, -0.1) is 0 Å². The van der Waals surface area contributed by atoms with Gasteiger partial charge in [-0.2, -0.15) is 0 Å². The van der Waals surface area contributed by atoms with Crippen LogP contribution in [0.25, 0.3) is 0 Å². The van der Waals surface area contributed by atoms with Crippen LogP contribution in [-0.2, 0) is 17.9 Å². The fraction of sp³-hybridized carbons (Fsp3) is 0.500. The number of anilines is 2. The van der Waals surface area contributed by atoms with Crippen molar-refractivity contribution < 1.29 is 9.59 Å². The Morgan fingerprint density at radius 3 is 2.64 bits per heavy atom. The Hall–Kier alpha value is -3.36. The van der Waals surface area contributed by atoms with Gasteiger partial charge in [-0.25, -0.2) is 4.79 Å². The van der Waals surface area contributed by atoms with E-state index < -0.39 is 11.2 Å². The maximum Gasteiger partial charge on any atom is 0.330 e. The molecule has 0 aliphatic carbocycles. The molecule has 1 aliphatic rings. The van der Waals surface area contributed by atoms with E-state index in [1.165, 1.54) is 9.47 Å². The highest BCUT2D eigenvalue weighted by Gasteiger charge is 2.26. The van der Waals surface area contributed by atoms with Crippen LogP contribution in [-0.4, -0.2) is 39.4 Å². The third-order valence-corrected chi connectivity index (χ3v) is 5.73. The predicted molar refractivity (Wildman–Crippen MR) is 128 cm³/mol. The summed E-state index contributed by atoms with van der Waals surface area (Å²) in [5, 5.41) is 0. The third-order valence-electron chi connectivity index (χ3n) is 5.73. The summed E-state index contributed by atoms with van der Waals surface area (Å²) in [5.74, 6) is -0.151. The molecule has 1 aliphatic heterocycles. The van der Waals surface area contributed by atoms with Crippen LogP contribution in [0.3, 0.4) is 0 Å². The first-order valence-electron chi connectivity index (χ1n) is 11.5. The number of nitrogen functional groups attached to an aromatic ring is 1. The summed E-state index contributed by atoms with van der Waals surface area (Å²) in [7, 11) is 0. The van der Waals surface area contributed by atoms with E-state index in [0.717, 1.165) is 18.4 Å². The lowest BCUT2D eigenvalue weighted by atomic mass is 10.1. The minimum atomic E-state index is -0.680. The Morgan fingerprint density at radius 1 is 1.24 bits per heavy atom. The van der Waals surface area contributed by atoms with E-state index in [2.05, 4.69) is 4.98 Å². The molecule has 1 aromatic carbocycles. The summed E-state index contributed by atoms with van der Waals surface area (Å²) in [4.78, 5) is 56.2. The highest BCUT2D eigenvalue weighted by molar-refractivity contribution is 6.07. The van der Waals surface area contributed by atoms with Crippen LogP contribution < -0.4 is 21.9 Å². The van der Waals surface area contributed by atoms with E-state index in [0.29, 0.717) is 38.0 Å². The molecule has 2 aromatic rings. The monoisotopic (exact) mass is 455 g/mol. The van der Waals surface area contributed by atoms with Gasteiger partial charge in [0.15, 0.2) is 5.69 Å². The highest BCUT2D eigenvalue weighted by Crippen LogP contribution is 2.22. The number of amides is 2. The number of hydrogen-bond acceptors (Lipinski definition) is 5. The Labute approximate surface area is 193 Å². The summed E-state index contributed by atoms with van der Waals surface area (Å²) < 4.78 is 1.31. The molecule has 9 heteroatoms. The van der Waals surface area contributed by atoms with E-state index in [9.17, 15) is 19.2 Å². The van der Waals surface area contributed by atoms with Crippen LogP contribution in [0.4, 0.5) is 11.5 Å². The van der Waals surface area contributed by atoms with Gasteiger partial charge in [-0.05, 0) is 36.5 Å². The highest BCUT2D eigenvalue weighted by atomic mass is 16.2. The fourth-order valence-electron chi connectivity index (χ4n) is 4.07. The normalized spacial score (nSPS) is 13.7. The van der Waals surface area contributed by atoms with Crippen molar-refractivity contribution in [1.29, 1.82) is 0 Å². The molecular formula is C24H33N5O4. The second-order valence-electron chi connectivity index (χ2n) is 8.93. The molecule has 2 heterocycles. The van der Waals surface area contributed by atoms with Crippen LogP contribution in [0.1, 0.15) is 62.4 Å². The van der Waals surface area contributed by atoms with Crippen molar-refractivity contribution in [1.82, 2.24) is 14.5 Å². The molecule has 178 valence electrons. The zero-order valence-electron chi connectivity index (χ0n) is 19.6. The summed E-state index contributed by atoms with van der Waals surface area (Å²) in [6, 6.07) is 7.09. The van der Waals surface area contributed by atoms with Gasteiger partial charge in [0.1, 0.15) is 5.82 Å². The van der Waals surface area contributed by atoms with Gasteiger partial charge >= 0.3 is 5.69 Å². The maximum absolute atomic E-state index is 13.6. The zero-order valence-corrected chi connectivity index (χ0v) is 19.6. The number of carbonyl (C=O) groups is 2. The van der Waals surface area contributed by atoms with Gasteiger partial charge in [0.2, 0.25) is 5.91 Å². The molecule has 0 atom stereocenters. The van der Waals surface area contributed by atoms with Gasteiger partial charge < -0.3 is 15.5 Å². The Kier molecular flexibility index (Phi) is 7.73. The lowest BCUT2D eigenvalue weighted by Gasteiger charge is -2.25. The van der Waals surface area contributed by atoms with E-state index >= 15 is 0 Å².